The third kappa shape index (κ3) is 3.89. The van der Waals surface area contributed by atoms with E-state index >= 15 is 0 Å². The summed E-state index contributed by atoms with van der Waals surface area (Å²) in [5, 5.41) is 12.2. The molecule has 6 nitrogen and oxygen atoms in total. The number of nitrogens with one attached hydrogen (secondary N) is 1. The van der Waals surface area contributed by atoms with Crippen LogP contribution in [0, 0.1) is 11.8 Å². The number of carboxylic acids is 1. The predicted molar refractivity (Wildman–Crippen MR) is 99.9 cm³/mol. The molecule has 0 spiro atoms. The number of benzene rings is 1. The van der Waals surface area contributed by atoms with Crippen molar-refractivity contribution in [2.75, 3.05) is 6.54 Å². The number of hydrogen-bond donors (Lipinski definition) is 2. The molecule has 1 aromatic carbocycles. The van der Waals surface area contributed by atoms with E-state index < -0.39 is 5.97 Å². The summed E-state index contributed by atoms with van der Waals surface area (Å²) in [6.07, 6.45) is 3.37. The summed E-state index contributed by atoms with van der Waals surface area (Å²) < 4.78 is 2.21. The second-order valence-electron chi connectivity index (χ2n) is 7.42. The van der Waals surface area contributed by atoms with Crippen molar-refractivity contribution in [1.82, 2.24) is 14.9 Å². The Bertz CT molecular complexity index is 797. The first-order valence-corrected chi connectivity index (χ1v) is 9.43. The average Bonchev–Trinajstić information content (AvgIpc) is 3.00. The Morgan fingerprint density at radius 3 is 2.73 bits per heavy atom. The maximum absolute atomic E-state index is 12.4. The number of amides is 1. The van der Waals surface area contributed by atoms with E-state index in [1.807, 2.05) is 18.2 Å². The minimum absolute atomic E-state index is 0.0249. The van der Waals surface area contributed by atoms with Gasteiger partial charge in [-0.1, -0.05) is 18.6 Å². The quantitative estimate of drug-likeness (QED) is 0.832. The third-order valence-corrected chi connectivity index (χ3v) is 5.23. The second-order valence-corrected chi connectivity index (χ2v) is 7.42. The summed E-state index contributed by atoms with van der Waals surface area (Å²) in [6.45, 7) is 4.78. The molecule has 2 aromatic rings. The minimum Gasteiger partial charge on any atom is -0.481 e. The number of carbonyl (C=O) groups is 2. The molecule has 1 fully saturated rings. The van der Waals surface area contributed by atoms with E-state index in [0.717, 1.165) is 29.7 Å². The number of aromatic nitrogens is 2. The molecule has 2 unspecified atom stereocenters. The van der Waals surface area contributed by atoms with Crippen LogP contribution in [0.1, 0.15) is 51.4 Å². The van der Waals surface area contributed by atoms with E-state index in [4.69, 9.17) is 4.98 Å². The van der Waals surface area contributed by atoms with Crippen molar-refractivity contribution in [3.8, 4) is 0 Å². The largest absolute Gasteiger partial charge is 0.481 e. The summed E-state index contributed by atoms with van der Waals surface area (Å²) in [5.41, 5.74) is 2.08. The summed E-state index contributed by atoms with van der Waals surface area (Å²) in [7, 11) is 0. The summed E-state index contributed by atoms with van der Waals surface area (Å²) in [6, 6.07) is 8.36. The Labute approximate surface area is 153 Å². The maximum atomic E-state index is 12.4. The highest BCUT2D eigenvalue weighted by atomic mass is 16.4. The highest BCUT2D eigenvalue weighted by molar-refractivity contribution is 5.80. The number of aliphatic carboxylic acids is 1. The van der Waals surface area contributed by atoms with E-state index in [-0.39, 0.29) is 17.7 Å². The predicted octanol–water partition coefficient (Wildman–Crippen LogP) is 3.17. The van der Waals surface area contributed by atoms with Gasteiger partial charge in [0.1, 0.15) is 5.82 Å². The lowest BCUT2D eigenvalue weighted by Crippen LogP contribution is -2.36. The van der Waals surface area contributed by atoms with Crippen molar-refractivity contribution in [2.45, 2.75) is 52.0 Å². The van der Waals surface area contributed by atoms with Gasteiger partial charge < -0.3 is 15.0 Å². The fourth-order valence-corrected chi connectivity index (χ4v) is 3.94. The number of hydrogen-bond acceptors (Lipinski definition) is 3. The first-order chi connectivity index (χ1) is 12.5. The van der Waals surface area contributed by atoms with E-state index in [2.05, 4.69) is 29.8 Å². The normalized spacial score (nSPS) is 20.4. The molecule has 0 saturated heterocycles. The van der Waals surface area contributed by atoms with Crippen molar-refractivity contribution >= 4 is 22.9 Å². The van der Waals surface area contributed by atoms with Gasteiger partial charge in [-0.25, -0.2) is 4.98 Å². The van der Waals surface area contributed by atoms with E-state index in [1.165, 1.54) is 0 Å². The number of para-hydroxylation sites is 2. The molecule has 1 aliphatic carbocycles. The van der Waals surface area contributed by atoms with Gasteiger partial charge in [0.15, 0.2) is 0 Å². The highest BCUT2D eigenvalue weighted by Crippen LogP contribution is 2.29. The second kappa shape index (κ2) is 7.89. The van der Waals surface area contributed by atoms with Gasteiger partial charge in [-0.15, -0.1) is 0 Å². The zero-order valence-corrected chi connectivity index (χ0v) is 15.4. The lowest BCUT2D eigenvalue weighted by Gasteiger charge is -2.25. The molecular formula is C20H27N3O3. The molecule has 2 N–H and O–H groups in total. The molecule has 1 aliphatic rings. The highest BCUT2D eigenvalue weighted by Gasteiger charge is 2.30. The van der Waals surface area contributed by atoms with Crippen LogP contribution in [0.25, 0.3) is 11.0 Å². The number of nitrogens with zero attached hydrogens (tertiary/aromatic N) is 2. The number of carboxylic acid groups (broad SMARTS) is 1. The molecule has 1 aromatic heterocycles. The maximum Gasteiger partial charge on any atom is 0.306 e. The first kappa shape index (κ1) is 18.4. The van der Waals surface area contributed by atoms with Crippen LogP contribution in [-0.2, 0) is 16.0 Å². The smallest absolute Gasteiger partial charge is 0.306 e. The number of carbonyl (C=O) groups excluding carboxylic acids is 1. The van der Waals surface area contributed by atoms with Gasteiger partial charge >= 0.3 is 5.97 Å². The van der Waals surface area contributed by atoms with Gasteiger partial charge in [0.2, 0.25) is 5.91 Å². The molecule has 0 bridgehead atoms. The van der Waals surface area contributed by atoms with Gasteiger partial charge in [-0.2, -0.15) is 0 Å². The zero-order chi connectivity index (χ0) is 18.7. The van der Waals surface area contributed by atoms with Crippen LogP contribution in [0.3, 0.4) is 0 Å². The van der Waals surface area contributed by atoms with Crippen molar-refractivity contribution in [3.05, 3.63) is 30.1 Å². The van der Waals surface area contributed by atoms with Crippen molar-refractivity contribution in [1.29, 1.82) is 0 Å². The van der Waals surface area contributed by atoms with Crippen LogP contribution in [0.2, 0.25) is 0 Å². The van der Waals surface area contributed by atoms with Gasteiger partial charge in [-0.05, 0) is 45.2 Å². The Morgan fingerprint density at radius 1 is 1.27 bits per heavy atom. The molecule has 6 heteroatoms. The molecule has 140 valence electrons. The molecule has 1 heterocycles. The Hall–Kier alpha value is -2.37. The van der Waals surface area contributed by atoms with Gasteiger partial charge in [0.05, 0.1) is 17.0 Å². The lowest BCUT2D eigenvalue weighted by atomic mass is 9.81. The molecule has 0 radical (unpaired) electrons. The van der Waals surface area contributed by atoms with Gasteiger partial charge in [-0.3, -0.25) is 9.59 Å². The summed E-state index contributed by atoms with van der Waals surface area (Å²) >= 11 is 0. The van der Waals surface area contributed by atoms with Crippen LogP contribution in [-0.4, -0.2) is 33.1 Å². The number of imidazole rings is 1. The number of fused-ring (bicyclic) bond motifs is 1. The summed E-state index contributed by atoms with van der Waals surface area (Å²) in [5.74, 6) is -0.414. The standard InChI is InChI=1S/C20H27N3O3/c1-13(2)23-17-9-4-3-8-16(17)22-18(23)10-11-21-19(24)14-6-5-7-15(12-14)20(25)26/h3-4,8-9,13-15H,5-7,10-12H2,1-2H3,(H,21,24)(H,25,26). The average molecular weight is 357 g/mol. The van der Waals surface area contributed by atoms with Gasteiger partial charge in [0.25, 0.3) is 0 Å². The molecule has 1 amide bonds. The van der Waals surface area contributed by atoms with Crippen molar-refractivity contribution in [2.24, 2.45) is 11.8 Å². The van der Waals surface area contributed by atoms with Crippen LogP contribution in [0.15, 0.2) is 24.3 Å². The fourth-order valence-electron chi connectivity index (χ4n) is 3.94. The summed E-state index contributed by atoms with van der Waals surface area (Å²) in [4.78, 5) is 28.3. The molecule has 0 aliphatic heterocycles. The zero-order valence-electron chi connectivity index (χ0n) is 15.4. The topological polar surface area (TPSA) is 84.2 Å². The Kier molecular flexibility index (Phi) is 5.59. The SMILES string of the molecule is CC(C)n1c(CCNC(=O)C2CCCC(C(=O)O)C2)nc2ccccc21. The fraction of sp³-hybridized carbons (Fsp3) is 0.550. The molecule has 3 rings (SSSR count). The molecular weight excluding hydrogens is 330 g/mol. The van der Waals surface area contributed by atoms with Crippen LogP contribution in [0.4, 0.5) is 0 Å². The molecule has 26 heavy (non-hydrogen) atoms. The van der Waals surface area contributed by atoms with Crippen LogP contribution < -0.4 is 5.32 Å². The molecule has 2 atom stereocenters. The van der Waals surface area contributed by atoms with Crippen molar-refractivity contribution in [3.63, 3.8) is 0 Å². The number of rotatable bonds is 6. The van der Waals surface area contributed by atoms with E-state index in [0.29, 0.717) is 31.8 Å². The Balaban J connectivity index is 1.61. The first-order valence-electron chi connectivity index (χ1n) is 9.43. The van der Waals surface area contributed by atoms with E-state index in [1.54, 1.807) is 0 Å². The monoisotopic (exact) mass is 357 g/mol. The van der Waals surface area contributed by atoms with Crippen LogP contribution >= 0.6 is 0 Å². The van der Waals surface area contributed by atoms with Crippen molar-refractivity contribution < 1.29 is 14.7 Å². The van der Waals surface area contributed by atoms with Gasteiger partial charge in [0, 0.05) is 24.9 Å². The third-order valence-electron chi connectivity index (χ3n) is 5.23. The van der Waals surface area contributed by atoms with E-state index in [9.17, 15) is 14.7 Å². The minimum atomic E-state index is -0.784. The van der Waals surface area contributed by atoms with Crippen LogP contribution in [0.5, 0.6) is 0 Å². The molecule has 1 saturated carbocycles. The Morgan fingerprint density at radius 2 is 2.00 bits per heavy atom. The lowest BCUT2D eigenvalue weighted by molar-refractivity contribution is -0.144.